The zero-order valence-electron chi connectivity index (χ0n) is 42.5. The molecule has 3 N–H and O–H groups in total. The molecule has 0 saturated heterocycles. The summed E-state index contributed by atoms with van der Waals surface area (Å²) in [6, 6.07) is -0.652. The van der Waals surface area contributed by atoms with Crippen molar-refractivity contribution in [1.29, 1.82) is 0 Å². The number of amides is 1. The van der Waals surface area contributed by atoms with Crippen LogP contribution in [0.5, 0.6) is 0 Å². The van der Waals surface area contributed by atoms with Gasteiger partial charge in [0.1, 0.15) is 0 Å². The lowest BCUT2D eigenvalue weighted by Crippen LogP contribution is -2.45. The Morgan fingerprint density at radius 2 is 0.703 bits per heavy atom. The van der Waals surface area contributed by atoms with Gasteiger partial charge in [-0.3, -0.25) is 4.79 Å². The summed E-state index contributed by atoms with van der Waals surface area (Å²) in [6.45, 7) is 4.20. The number of hydrogen-bond donors (Lipinski definition) is 3. The van der Waals surface area contributed by atoms with E-state index in [4.69, 9.17) is 0 Å². The largest absolute Gasteiger partial charge is 0.394 e. The van der Waals surface area contributed by atoms with Crippen molar-refractivity contribution in [2.24, 2.45) is 0 Å². The van der Waals surface area contributed by atoms with Gasteiger partial charge in [-0.15, -0.1) is 0 Å². The predicted molar refractivity (Wildman–Crippen MR) is 285 cm³/mol. The number of allylic oxidation sites excluding steroid dienone is 13. The van der Waals surface area contributed by atoms with Gasteiger partial charge in [0, 0.05) is 6.42 Å². The Balaban J connectivity index is 3.59. The van der Waals surface area contributed by atoms with Gasteiger partial charge in [0.15, 0.2) is 0 Å². The molecule has 2 atom stereocenters. The number of carbonyl (C=O) groups excluding carboxylic acids is 1. The molecule has 0 saturated carbocycles. The van der Waals surface area contributed by atoms with Crippen LogP contribution < -0.4 is 5.32 Å². The molecule has 1 amide bonds. The Labute approximate surface area is 399 Å². The van der Waals surface area contributed by atoms with Crippen molar-refractivity contribution in [2.75, 3.05) is 6.61 Å². The Morgan fingerprint density at radius 1 is 0.391 bits per heavy atom. The second-order valence-electron chi connectivity index (χ2n) is 18.6. The summed E-state index contributed by atoms with van der Waals surface area (Å²) in [6.07, 6.45) is 80.3. The first-order valence-electron chi connectivity index (χ1n) is 27.8. The fraction of sp³-hybridized carbons (Fsp3) is 0.750. The van der Waals surface area contributed by atoms with Crippen LogP contribution in [0, 0.1) is 0 Å². The molecule has 0 spiro atoms. The SMILES string of the molecule is CC/C=C\C/C=C\C/C=C\C/C=C\CCCCCCCCCCCCCCC(=O)NC(CO)C(O)/C=C/CC/C=C/CC/C=C/CCCCCCCCCCCCCCCCCCC. The molecule has 0 aliphatic carbocycles. The summed E-state index contributed by atoms with van der Waals surface area (Å²) >= 11 is 0. The molecule has 4 heteroatoms. The van der Waals surface area contributed by atoms with Crippen LogP contribution in [-0.2, 0) is 4.79 Å². The quantitative estimate of drug-likeness (QED) is 0.0421. The number of nitrogens with one attached hydrogen (secondary N) is 1. The minimum atomic E-state index is -0.877. The third-order valence-corrected chi connectivity index (χ3v) is 12.3. The van der Waals surface area contributed by atoms with Gasteiger partial charge in [0.2, 0.25) is 5.91 Å². The van der Waals surface area contributed by atoms with Gasteiger partial charge in [-0.1, -0.05) is 266 Å². The lowest BCUT2D eigenvalue weighted by molar-refractivity contribution is -0.123. The van der Waals surface area contributed by atoms with Gasteiger partial charge >= 0.3 is 0 Å². The summed E-state index contributed by atoms with van der Waals surface area (Å²) < 4.78 is 0. The fourth-order valence-corrected chi connectivity index (χ4v) is 8.14. The van der Waals surface area contributed by atoms with Crippen LogP contribution in [0.4, 0.5) is 0 Å². The summed E-state index contributed by atoms with van der Waals surface area (Å²) in [5.74, 6) is -0.0813. The van der Waals surface area contributed by atoms with E-state index in [1.54, 1.807) is 6.08 Å². The second-order valence-corrected chi connectivity index (χ2v) is 18.6. The molecule has 0 aromatic rings. The summed E-state index contributed by atoms with van der Waals surface area (Å²) in [4.78, 5) is 12.5. The monoisotopic (exact) mass is 890 g/mol. The van der Waals surface area contributed by atoms with Crippen molar-refractivity contribution in [1.82, 2.24) is 5.32 Å². The van der Waals surface area contributed by atoms with Gasteiger partial charge in [-0.2, -0.15) is 0 Å². The molecule has 0 heterocycles. The number of carbonyl (C=O) groups is 1. The lowest BCUT2D eigenvalue weighted by atomic mass is 10.0. The van der Waals surface area contributed by atoms with Gasteiger partial charge in [-0.25, -0.2) is 0 Å². The first-order valence-corrected chi connectivity index (χ1v) is 27.8. The number of aliphatic hydroxyl groups is 2. The highest BCUT2D eigenvalue weighted by molar-refractivity contribution is 5.76. The zero-order chi connectivity index (χ0) is 46.3. The molecule has 0 radical (unpaired) electrons. The average molecular weight is 891 g/mol. The molecule has 0 aromatic carbocycles. The zero-order valence-corrected chi connectivity index (χ0v) is 42.5. The Morgan fingerprint density at radius 3 is 1.09 bits per heavy atom. The lowest BCUT2D eigenvalue weighted by Gasteiger charge is -2.19. The summed E-state index contributed by atoms with van der Waals surface area (Å²) in [5, 5.41) is 23.1. The van der Waals surface area contributed by atoms with Crippen LogP contribution in [0.15, 0.2) is 85.1 Å². The first-order chi connectivity index (χ1) is 31.7. The molecule has 0 aliphatic rings. The third-order valence-electron chi connectivity index (χ3n) is 12.3. The maximum absolute atomic E-state index is 12.5. The van der Waals surface area contributed by atoms with Crippen LogP contribution in [-0.4, -0.2) is 34.9 Å². The van der Waals surface area contributed by atoms with Crippen molar-refractivity contribution >= 4 is 5.91 Å². The van der Waals surface area contributed by atoms with Crippen molar-refractivity contribution < 1.29 is 15.0 Å². The predicted octanol–water partition coefficient (Wildman–Crippen LogP) is 18.4. The van der Waals surface area contributed by atoms with E-state index in [1.807, 2.05) is 6.08 Å². The summed E-state index contributed by atoms with van der Waals surface area (Å²) in [5.41, 5.74) is 0. The van der Waals surface area contributed by atoms with Crippen LogP contribution in [0.3, 0.4) is 0 Å². The maximum atomic E-state index is 12.5. The fourth-order valence-electron chi connectivity index (χ4n) is 8.14. The number of unbranched alkanes of at least 4 members (excludes halogenated alkanes) is 31. The Hall–Kier alpha value is -2.43. The Bertz CT molecular complexity index is 1150. The van der Waals surface area contributed by atoms with Crippen molar-refractivity contribution in [3.63, 3.8) is 0 Å². The first kappa shape index (κ1) is 61.6. The minimum Gasteiger partial charge on any atom is -0.394 e. The van der Waals surface area contributed by atoms with Gasteiger partial charge < -0.3 is 15.5 Å². The summed E-state index contributed by atoms with van der Waals surface area (Å²) in [7, 11) is 0. The van der Waals surface area contributed by atoms with Crippen LogP contribution in [0.25, 0.3) is 0 Å². The van der Waals surface area contributed by atoms with E-state index in [2.05, 4.69) is 92.1 Å². The molecule has 2 unspecified atom stereocenters. The Kier molecular flexibility index (Phi) is 52.8. The molecule has 0 aromatic heterocycles. The van der Waals surface area contributed by atoms with Crippen molar-refractivity contribution in [3.05, 3.63) is 85.1 Å². The topological polar surface area (TPSA) is 69.6 Å². The molecule has 0 rings (SSSR count). The van der Waals surface area contributed by atoms with E-state index >= 15 is 0 Å². The highest BCUT2D eigenvalue weighted by Gasteiger charge is 2.17. The van der Waals surface area contributed by atoms with Gasteiger partial charge in [0.25, 0.3) is 0 Å². The van der Waals surface area contributed by atoms with Crippen molar-refractivity contribution in [3.8, 4) is 0 Å². The van der Waals surface area contributed by atoms with Crippen LogP contribution in [0.1, 0.15) is 271 Å². The standard InChI is InChI=1S/C60H107NO3/c1-3-5-7-9-11-13-15-17-19-21-23-25-27-29-30-32-33-35-37-39-41-43-45-47-49-51-53-55-59(63)58(57-62)61-60(64)56-54-52-50-48-46-44-42-40-38-36-34-31-28-26-24-22-20-18-16-14-12-10-8-6-4-2/h6,8,12,14,18,20,24,26,37,39,45,47,53,55,58-59,62-63H,3-5,7,9-11,13,15-17,19,21-23,25,27-36,38,40-44,46,48-52,54,56-57H2,1-2H3,(H,61,64)/b8-6-,14-12-,20-18-,26-24-,39-37+,47-45+,55-53+. The van der Waals surface area contributed by atoms with E-state index in [9.17, 15) is 15.0 Å². The molecule has 4 nitrogen and oxygen atoms in total. The molecule has 64 heavy (non-hydrogen) atoms. The number of aliphatic hydroxyl groups excluding tert-OH is 2. The van der Waals surface area contributed by atoms with E-state index in [0.29, 0.717) is 6.42 Å². The molecular weight excluding hydrogens is 783 g/mol. The third kappa shape index (κ3) is 50.6. The molecule has 370 valence electrons. The van der Waals surface area contributed by atoms with Gasteiger partial charge in [0.05, 0.1) is 18.8 Å². The maximum Gasteiger partial charge on any atom is 0.220 e. The van der Waals surface area contributed by atoms with E-state index in [-0.39, 0.29) is 12.5 Å². The molecule has 0 aliphatic heterocycles. The average Bonchev–Trinajstić information content (AvgIpc) is 3.30. The number of rotatable bonds is 50. The smallest absolute Gasteiger partial charge is 0.220 e. The molecular formula is C60H107NO3. The van der Waals surface area contributed by atoms with Gasteiger partial charge in [-0.05, 0) is 83.5 Å². The van der Waals surface area contributed by atoms with E-state index in [1.165, 1.54) is 186 Å². The van der Waals surface area contributed by atoms with Crippen LogP contribution >= 0.6 is 0 Å². The van der Waals surface area contributed by atoms with Crippen LogP contribution in [0.2, 0.25) is 0 Å². The van der Waals surface area contributed by atoms with E-state index in [0.717, 1.165) is 64.2 Å². The van der Waals surface area contributed by atoms with Crippen molar-refractivity contribution in [2.45, 2.75) is 283 Å². The highest BCUT2D eigenvalue weighted by Crippen LogP contribution is 2.16. The minimum absolute atomic E-state index is 0.0813. The number of hydrogen-bond acceptors (Lipinski definition) is 3. The molecule has 0 bridgehead atoms. The second kappa shape index (κ2) is 54.9. The van der Waals surface area contributed by atoms with E-state index < -0.39 is 12.1 Å². The molecule has 0 fully saturated rings. The normalized spacial score (nSPS) is 13.5. The highest BCUT2D eigenvalue weighted by atomic mass is 16.3.